The van der Waals surface area contributed by atoms with E-state index in [1.807, 2.05) is 11.8 Å². The Bertz CT molecular complexity index is 554. The maximum atomic E-state index is 12.1. The molecule has 106 valence electrons. The number of hydrogen-bond acceptors (Lipinski definition) is 4. The molecule has 2 saturated heterocycles. The Morgan fingerprint density at radius 2 is 2.10 bits per heavy atom. The van der Waals surface area contributed by atoms with Gasteiger partial charge in [0.15, 0.2) is 0 Å². The number of rotatable bonds is 2. The predicted octanol–water partition coefficient (Wildman–Crippen LogP) is 2.61. The van der Waals surface area contributed by atoms with Gasteiger partial charge in [-0.3, -0.25) is 4.90 Å². The SMILES string of the molecule is O=C(O)c1cccc(N2CC3(CCSCC3)OC2=O)c1. The monoisotopic (exact) mass is 293 g/mol. The number of nitrogens with zero attached hydrogens (tertiary/aromatic N) is 1. The van der Waals surface area contributed by atoms with Gasteiger partial charge in [-0.25, -0.2) is 9.59 Å². The minimum atomic E-state index is -0.997. The van der Waals surface area contributed by atoms with Gasteiger partial charge in [0.25, 0.3) is 0 Å². The smallest absolute Gasteiger partial charge is 0.415 e. The van der Waals surface area contributed by atoms with Crippen molar-refractivity contribution < 1.29 is 19.4 Å². The summed E-state index contributed by atoms with van der Waals surface area (Å²) in [6, 6.07) is 6.42. The Labute approximate surface area is 120 Å². The Morgan fingerprint density at radius 3 is 2.80 bits per heavy atom. The molecule has 0 aromatic heterocycles. The molecule has 0 aliphatic carbocycles. The number of anilines is 1. The molecule has 1 N–H and O–H groups in total. The van der Waals surface area contributed by atoms with Crippen molar-refractivity contribution in [1.29, 1.82) is 0 Å². The number of carboxylic acid groups (broad SMARTS) is 1. The van der Waals surface area contributed by atoms with Crippen molar-refractivity contribution in [3.63, 3.8) is 0 Å². The fourth-order valence-electron chi connectivity index (χ4n) is 2.63. The van der Waals surface area contributed by atoms with E-state index in [2.05, 4.69) is 0 Å². The third-order valence-electron chi connectivity index (χ3n) is 3.78. The lowest BCUT2D eigenvalue weighted by Gasteiger charge is -2.30. The van der Waals surface area contributed by atoms with Crippen LogP contribution < -0.4 is 4.90 Å². The average Bonchev–Trinajstić information content (AvgIpc) is 2.76. The van der Waals surface area contributed by atoms with Gasteiger partial charge >= 0.3 is 12.1 Å². The molecule has 1 spiro atoms. The topological polar surface area (TPSA) is 66.8 Å². The molecule has 5 nitrogen and oxygen atoms in total. The Hall–Kier alpha value is -1.69. The Kier molecular flexibility index (Phi) is 3.33. The summed E-state index contributed by atoms with van der Waals surface area (Å²) in [7, 11) is 0. The molecule has 2 heterocycles. The third kappa shape index (κ3) is 2.35. The van der Waals surface area contributed by atoms with Gasteiger partial charge in [-0.2, -0.15) is 11.8 Å². The van der Waals surface area contributed by atoms with Crippen LogP contribution in [0.25, 0.3) is 0 Å². The van der Waals surface area contributed by atoms with Gasteiger partial charge in [0.05, 0.1) is 12.1 Å². The largest absolute Gasteiger partial charge is 0.478 e. The molecule has 1 amide bonds. The van der Waals surface area contributed by atoms with Crippen molar-refractivity contribution >= 4 is 29.5 Å². The minimum absolute atomic E-state index is 0.176. The van der Waals surface area contributed by atoms with Crippen LogP contribution in [0.1, 0.15) is 23.2 Å². The van der Waals surface area contributed by atoms with Gasteiger partial charge in [-0.1, -0.05) is 6.07 Å². The molecule has 0 atom stereocenters. The van der Waals surface area contributed by atoms with E-state index in [1.165, 1.54) is 12.1 Å². The highest BCUT2D eigenvalue weighted by Gasteiger charge is 2.46. The van der Waals surface area contributed by atoms with E-state index in [4.69, 9.17) is 9.84 Å². The predicted molar refractivity (Wildman–Crippen MR) is 76.5 cm³/mol. The van der Waals surface area contributed by atoms with Crippen LogP contribution in [0.5, 0.6) is 0 Å². The molecule has 0 unspecified atom stereocenters. The van der Waals surface area contributed by atoms with E-state index < -0.39 is 5.97 Å². The summed E-state index contributed by atoms with van der Waals surface area (Å²) in [4.78, 5) is 24.6. The molecule has 6 heteroatoms. The van der Waals surface area contributed by atoms with Crippen LogP contribution in [0.3, 0.4) is 0 Å². The number of ether oxygens (including phenoxy) is 1. The lowest BCUT2D eigenvalue weighted by Crippen LogP contribution is -2.38. The second-order valence-electron chi connectivity index (χ2n) is 5.10. The van der Waals surface area contributed by atoms with Crippen LogP contribution in [0.15, 0.2) is 24.3 Å². The number of aromatic carboxylic acids is 1. The van der Waals surface area contributed by atoms with Gasteiger partial charge in [-0.05, 0) is 42.5 Å². The quantitative estimate of drug-likeness (QED) is 0.908. The summed E-state index contributed by atoms with van der Waals surface area (Å²) < 4.78 is 5.58. The highest BCUT2D eigenvalue weighted by molar-refractivity contribution is 7.99. The fourth-order valence-corrected chi connectivity index (χ4v) is 3.87. The number of thioether (sulfide) groups is 1. The zero-order valence-corrected chi connectivity index (χ0v) is 11.7. The molecule has 20 heavy (non-hydrogen) atoms. The number of hydrogen-bond donors (Lipinski definition) is 1. The number of amides is 1. The first kappa shape index (κ1) is 13.3. The van der Waals surface area contributed by atoms with Gasteiger partial charge in [-0.15, -0.1) is 0 Å². The lowest BCUT2D eigenvalue weighted by atomic mass is 9.97. The highest BCUT2D eigenvalue weighted by atomic mass is 32.2. The summed E-state index contributed by atoms with van der Waals surface area (Å²) in [6.07, 6.45) is 1.34. The Balaban J connectivity index is 1.85. The molecule has 0 saturated carbocycles. The second-order valence-corrected chi connectivity index (χ2v) is 6.33. The van der Waals surface area contributed by atoms with Crippen molar-refractivity contribution in [2.24, 2.45) is 0 Å². The molecular weight excluding hydrogens is 278 g/mol. The van der Waals surface area contributed by atoms with E-state index in [-0.39, 0.29) is 17.3 Å². The molecule has 2 aliphatic heterocycles. The van der Waals surface area contributed by atoms with Crippen LogP contribution in [-0.2, 0) is 4.74 Å². The lowest BCUT2D eigenvalue weighted by molar-refractivity contribution is 0.0502. The first-order chi connectivity index (χ1) is 9.60. The maximum Gasteiger partial charge on any atom is 0.415 e. The van der Waals surface area contributed by atoms with E-state index in [0.29, 0.717) is 12.2 Å². The second kappa shape index (κ2) is 5.01. The first-order valence-electron chi connectivity index (χ1n) is 6.51. The van der Waals surface area contributed by atoms with Gasteiger partial charge in [0, 0.05) is 5.69 Å². The van der Waals surface area contributed by atoms with Gasteiger partial charge in [0.1, 0.15) is 5.60 Å². The molecule has 1 aromatic carbocycles. The van der Waals surface area contributed by atoms with Crippen molar-refractivity contribution in [1.82, 2.24) is 0 Å². The molecular formula is C14H15NO4S. The molecule has 0 radical (unpaired) electrons. The summed E-state index contributed by atoms with van der Waals surface area (Å²) in [6.45, 7) is 0.509. The molecule has 2 aliphatic rings. The number of carbonyl (C=O) groups is 2. The molecule has 3 rings (SSSR count). The molecule has 2 fully saturated rings. The van der Waals surface area contributed by atoms with Crippen LogP contribution >= 0.6 is 11.8 Å². The van der Waals surface area contributed by atoms with Crippen LogP contribution in [0.4, 0.5) is 10.5 Å². The Morgan fingerprint density at radius 1 is 1.35 bits per heavy atom. The normalized spacial score (nSPS) is 21.0. The average molecular weight is 293 g/mol. The minimum Gasteiger partial charge on any atom is -0.478 e. The van der Waals surface area contributed by atoms with E-state index >= 15 is 0 Å². The summed E-state index contributed by atoms with van der Waals surface area (Å²) in [5, 5.41) is 9.02. The standard InChI is InChI=1S/C14H15NO4S/c16-12(17)10-2-1-3-11(8-10)15-9-14(19-13(15)18)4-6-20-7-5-14/h1-3,8H,4-7,9H2,(H,16,17). The van der Waals surface area contributed by atoms with Crippen LogP contribution in [0.2, 0.25) is 0 Å². The number of carboxylic acids is 1. The zero-order chi connectivity index (χ0) is 14.2. The van der Waals surface area contributed by atoms with E-state index in [9.17, 15) is 9.59 Å². The van der Waals surface area contributed by atoms with Crippen molar-refractivity contribution in [3.05, 3.63) is 29.8 Å². The number of carbonyl (C=O) groups excluding carboxylic acids is 1. The van der Waals surface area contributed by atoms with Gasteiger partial charge in [0.2, 0.25) is 0 Å². The van der Waals surface area contributed by atoms with Crippen molar-refractivity contribution in [2.75, 3.05) is 23.0 Å². The summed E-state index contributed by atoms with van der Waals surface area (Å²) in [5.74, 6) is 0.996. The third-order valence-corrected chi connectivity index (χ3v) is 4.76. The fraction of sp³-hybridized carbons (Fsp3) is 0.429. The summed E-state index contributed by atoms with van der Waals surface area (Å²) in [5.41, 5.74) is 0.377. The molecule has 0 bridgehead atoms. The highest BCUT2D eigenvalue weighted by Crippen LogP contribution is 2.37. The maximum absolute atomic E-state index is 12.1. The van der Waals surface area contributed by atoms with Crippen LogP contribution in [-0.4, -0.2) is 40.8 Å². The van der Waals surface area contributed by atoms with Gasteiger partial charge < -0.3 is 9.84 Å². The van der Waals surface area contributed by atoms with E-state index in [1.54, 1.807) is 17.0 Å². The summed E-state index contributed by atoms with van der Waals surface area (Å²) >= 11 is 1.87. The zero-order valence-electron chi connectivity index (χ0n) is 10.9. The van der Waals surface area contributed by atoms with Crippen molar-refractivity contribution in [3.8, 4) is 0 Å². The van der Waals surface area contributed by atoms with Crippen LogP contribution in [0, 0.1) is 0 Å². The van der Waals surface area contributed by atoms with E-state index in [0.717, 1.165) is 24.3 Å². The molecule has 1 aromatic rings. The number of benzene rings is 1. The first-order valence-corrected chi connectivity index (χ1v) is 7.67. The van der Waals surface area contributed by atoms with Crippen molar-refractivity contribution in [2.45, 2.75) is 18.4 Å².